The lowest BCUT2D eigenvalue weighted by Gasteiger charge is -1.93. The molecule has 2 heteroatoms. The second-order valence-corrected chi connectivity index (χ2v) is 1.49. The van der Waals surface area contributed by atoms with Gasteiger partial charge in [-0.05, 0) is 19.7 Å². The minimum absolute atomic E-state index is 0.785. The summed E-state index contributed by atoms with van der Waals surface area (Å²) in [7, 11) is 1.81. The minimum Gasteiger partial charge on any atom is -0.373 e. The summed E-state index contributed by atoms with van der Waals surface area (Å²) in [6.07, 6.45) is 5.69. The highest BCUT2D eigenvalue weighted by molar-refractivity contribution is 5.29. The van der Waals surface area contributed by atoms with Crippen molar-refractivity contribution in [3.8, 4) is 0 Å². The maximum Gasteiger partial charge on any atom is 0.124 e. The molecule has 0 rings (SSSR count). The maximum absolute atomic E-state index is 3.69. The van der Waals surface area contributed by atoms with Gasteiger partial charge in [0.15, 0.2) is 0 Å². The molecule has 0 spiro atoms. The molecule has 50 valence electrons. The summed E-state index contributed by atoms with van der Waals surface area (Å²) in [6, 6.07) is 0. The summed E-state index contributed by atoms with van der Waals surface area (Å²) in [5, 5.41) is 2.87. The summed E-state index contributed by atoms with van der Waals surface area (Å²) >= 11 is 0. The summed E-state index contributed by atoms with van der Waals surface area (Å²) < 4.78 is 0. The Morgan fingerprint density at radius 1 is 1.67 bits per heavy atom. The van der Waals surface area contributed by atoms with Gasteiger partial charge < -0.3 is 5.32 Å². The van der Waals surface area contributed by atoms with Crippen LogP contribution in [0.15, 0.2) is 29.0 Å². The molecular formula is C7H12N2. The Balaban J connectivity index is 3.90. The number of hydrogen-bond donors (Lipinski definition) is 1. The van der Waals surface area contributed by atoms with Gasteiger partial charge in [0.05, 0.1) is 0 Å². The Bertz CT molecular complexity index is 134. The van der Waals surface area contributed by atoms with Crippen molar-refractivity contribution < 1.29 is 0 Å². The van der Waals surface area contributed by atoms with Crippen LogP contribution in [0.5, 0.6) is 0 Å². The molecule has 2 nitrogen and oxygen atoms in total. The molecule has 9 heavy (non-hydrogen) atoms. The van der Waals surface area contributed by atoms with E-state index in [1.807, 2.05) is 32.2 Å². The zero-order valence-electron chi connectivity index (χ0n) is 5.89. The molecule has 0 amide bonds. The molecule has 0 aromatic heterocycles. The van der Waals surface area contributed by atoms with Gasteiger partial charge in [-0.15, -0.1) is 0 Å². The number of nitrogens with one attached hydrogen (secondary N) is 1. The highest BCUT2D eigenvalue weighted by Crippen LogP contribution is 1.87. The van der Waals surface area contributed by atoms with E-state index in [1.54, 1.807) is 0 Å². The minimum atomic E-state index is 0.785. The average molecular weight is 124 g/mol. The smallest absolute Gasteiger partial charge is 0.124 e. The van der Waals surface area contributed by atoms with Gasteiger partial charge in [0.25, 0.3) is 0 Å². The van der Waals surface area contributed by atoms with Gasteiger partial charge in [-0.3, -0.25) is 0 Å². The van der Waals surface area contributed by atoms with Crippen molar-refractivity contribution >= 4 is 6.72 Å². The monoisotopic (exact) mass is 124 g/mol. The Morgan fingerprint density at radius 2 is 2.33 bits per heavy atom. The van der Waals surface area contributed by atoms with Gasteiger partial charge in [0.1, 0.15) is 5.82 Å². The molecule has 0 aromatic carbocycles. The van der Waals surface area contributed by atoms with Crippen LogP contribution in [0.2, 0.25) is 0 Å². The Hall–Kier alpha value is -1.05. The molecule has 0 bridgehead atoms. The number of nitrogens with zero attached hydrogens (tertiary/aromatic N) is 1. The lowest BCUT2D eigenvalue weighted by atomic mass is 10.5. The zero-order chi connectivity index (χ0) is 7.11. The molecular weight excluding hydrogens is 112 g/mol. The van der Waals surface area contributed by atoms with Crippen LogP contribution in [-0.4, -0.2) is 13.8 Å². The van der Waals surface area contributed by atoms with Crippen molar-refractivity contribution in [1.29, 1.82) is 0 Å². The first-order chi connectivity index (χ1) is 4.35. The lowest BCUT2D eigenvalue weighted by Crippen LogP contribution is -2.01. The predicted molar refractivity (Wildman–Crippen MR) is 41.5 cm³/mol. The third-order valence-electron chi connectivity index (χ3n) is 0.873. The van der Waals surface area contributed by atoms with Crippen molar-refractivity contribution in [1.82, 2.24) is 5.32 Å². The largest absolute Gasteiger partial charge is 0.373 e. The summed E-state index contributed by atoms with van der Waals surface area (Å²) in [4.78, 5) is 3.69. The van der Waals surface area contributed by atoms with Gasteiger partial charge in [-0.2, -0.15) is 0 Å². The van der Waals surface area contributed by atoms with Crippen LogP contribution in [0.4, 0.5) is 0 Å². The number of aliphatic imine (C=N–C) groups is 1. The molecule has 0 radical (unpaired) electrons. The van der Waals surface area contributed by atoms with Crippen molar-refractivity contribution in [3.63, 3.8) is 0 Å². The van der Waals surface area contributed by atoms with E-state index >= 15 is 0 Å². The number of allylic oxidation sites excluding steroid dienone is 3. The van der Waals surface area contributed by atoms with Crippen molar-refractivity contribution in [2.45, 2.75) is 6.92 Å². The van der Waals surface area contributed by atoms with Crippen molar-refractivity contribution in [2.24, 2.45) is 4.99 Å². The average Bonchev–Trinajstić information content (AvgIpc) is 1.91. The normalized spacial score (nSPS) is 12.0. The van der Waals surface area contributed by atoms with Crippen LogP contribution < -0.4 is 5.32 Å². The molecule has 0 unspecified atom stereocenters. The van der Waals surface area contributed by atoms with E-state index in [0.717, 1.165) is 5.82 Å². The lowest BCUT2D eigenvalue weighted by molar-refractivity contribution is 0.970. The molecule has 1 N–H and O–H groups in total. The second-order valence-electron chi connectivity index (χ2n) is 1.49. The van der Waals surface area contributed by atoms with Crippen LogP contribution in [0.3, 0.4) is 0 Å². The van der Waals surface area contributed by atoms with Crippen LogP contribution in [0.1, 0.15) is 6.92 Å². The topological polar surface area (TPSA) is 24.4 Å². The van der Waals surface area contributed by atoms with Crippen molar-refractivity contribution in [3.05, 3.63) is 24.0 Å². The van der Waals surface area contributed by atoms with E-state index in [1.165, 1.54) is 0 Å². The SMILES string of the molecule is C=N/C(=C\C=C/C)NC. The van der Waals surface area contributed by atoms with Gasteiger partial charge in [0, 0.05) is 7.05 Å². The first kappa shape index (κ1) is 7.95. The highest BCUT2D eigenvalue weighted by Gasteiger charge is 1.78. The molecule has 0 heterocycles. The van der Waals surface area contributed by atoms with E-state index in [4.69, 9.17) is 0 Å². The molecule has 0 saturated heterocycles. The fourth-order valence-electron chi connectivity index (χ4n) is 0.402. The molecule has 0 fully saturated rings. The van der Waals surface area contributed by atoms with E-state index in [9.17, 15) is 0 Å². The van der Waals surface area contributed by atoms with E-state index in [-0.39, 0.29) is 0 Å². The molecule has 0 atom stereocenters. The zero-order valence-corrected chi connectivity index (χ0v) is 5.89. The first-order valence-electron chi connectivity index (χ1n) is 2.82. The molecule has 0 saturated carbocycles. The molecule has 0 aliphatic rings. The predicted octanol–water partition coefficient (Wildman–Crippen LogP) is 1.32. The second kappa shape index (κ2) is 5.09. The van der Waals surface area contributed by atoms with Gasteiger partial charge >= 0.3 is 0 Å². The molecule has 0 aromatic rings. The van der Waals surface area contributed by atoms with Gasteiger partial charge in [-0.25, -0.2) is 4.99 Å². The number of hydrogen-bond acceptors (Lipinski definition) is 2. The standard InChI is InChI=1S/C7H12N2/c1-4-5-6-7(8-2)9-3/h4-6,9H,2H2,1,3H3/b5-4-,7-6+. The van der Waals surface area contributed by atoms with Crippen LogP contribution in [0, 0.1) is 0 Å². The summed E-state index contributed by atoms with van der Waals surface area (Å²) in [5.41, 5.74) is 0. The number of rotatable bonds is 3. The molecule has 0 aliphatic heterocycles. The Kier molecular flexibility index (Phi) is 4.50. The fraction of sp³-hybridized carbons (Fsp3) is 0.286. The Labute approximate surface area is 56.0 Å². The third kappa shape index (κ3) is 3.53. The molecule has 0 aliphatic carbocycles. The summed E-state index contributed by atoms with van der Waals surface area (Å²) in [5.74, 6) is 0.785. The maximum atomic E-state index is 3.69. The van der Waals surface area contributed by atoms with E-state index in [2.05, 4.69) is 17.0 Å². The highest BCUT2D eigenvalue weighted by atomic mass is 15.0. The van der Waals surface area contributed by atoms with E-state index < -0.39 is 0 Å². The summed E-state index contributed by atoms with van der Waals surface area (Å²) in [6.45, 7) is 5.32. The quantitative estimate of drug-likeness (QED) is 0.445. The van der Waals surface area contributed by atoms with Gasteiger partial charge in [-0.1, -0.05) is 12.2 Å². The Morgan fingerprint density at radius 3 is 2.67 bits per heavy atom. The van der Waals surface area contributed by atoms with Crippen LogP contribution in [-0.2, 0) is 0 Å². The first-order valence-corrected chi connectivity index (χ1v) is 2.82. The van der Waals surface area contributed by atoms with Gasteiger partial charge in [0.2, 0.25) is 0 Å². The van der Waals surface area contributed by atoms with Crippen molar-refractivity contribution in [2.75, 3.05) is 7.05 Å². The third-order valence-corrected chi connectivity index (χ3v) is 0.873. The van der Waals surface area contributed by atoms with Crippen LogP contribution >= 0.6 is 0 Å². The van der Waals surface area contributed by atoms with Crippen LogP contribution in [0.25, 0.3) is 0 Å². The fourth-order valence-corrected chi connectivity index (χ4v) is 0.402. The van der Waals surface area contributed by atoms with E-state index in [0.29, 0.717) is 0 Å².